The van der Waals surface area contributed by atoms with Gasteiger partial charge in [-0.3, -0.25) is 14.9 Å². The Morgan fingerprint density at radius 1 is 1.22 bits per heavy atom. The minimum absolute atomic E-state index is 0.0783. The monoisotopic (exact) mass is 403 g/mol. The predicted molar refractivity (Wildman–Crippen MR) is 108 cm³/mol. The first-order valence-corrected chi connectivity index (χ1v) is 10.2. The molecular formula is C18H17N3O4S2. The van der Waals surface area contributed by atoms with Crippen molar-refractivity contribution in [2.24, 2.45) is 5.10 Å². The third-order valence-corrected chi connectivity index (χ3v) is 6.77. The van der Waals surface area contributed by atoms with Crippen LogP contribution in [0.4, 0.5) is 5.69 Å². The van der Waals surface area contributed by atoms with Crippen molar-refractivity contribution >= 4 is 41.3 Å². The standard InChI is InChI=1S/C18H17N3O4S2/c22-17(20-19-11-14-3-1-2-4-16(14)21(23)24)12-25-15-7-5-13(6-8-15)18-26-9-10-27-18/h1-8,11,18H,9-10,12H2,(H,20,22)/b19-11-. The van der Waals surface area contributed by atoms with E-state index in [0.29, 0.717) is 15.9 Å². The number of carbonyl (C=O) groups is 1. The second kappa shape index (κ2) is 9.43. The lowest BCUT2D eigenvalue weighted by Crippen LogP contribution is -2.24. The topological polar surface area (TPSA) is 93.8 Å². The van der Waals surface area contributed by atoms with Crippen molar-refractivity contribution in [3.63, 3.8) is 0 Å². The molecule has 1 fully saturated rings. The number of ether oxygens (including phenoxy) is 1. The lowest BCUT2D eigenvalue weighted by atomic mass is 10.2. The van der Waals surface area contributed by atoms with Crippen molar-refractivity contribution in [3.05, 3.63) is 69.8 Å². The molecule has 1 N–H and O–H groups in total. The van der Waals surface area contributed by atoms with E-state index in [-0.39, 0.29) is 12.3 Å². The predicted octanol–water partition coefficient (Wildman–Crippen LogP) is 3.60. The summed E-state index contributed by atoms with van der Waals surface area (Å²) < 4.78 is 5.91. The molecule has 0 unspecified atom stereocenters. The van der Waals surface area contributed by atoms with Gasteiger partial charge in [0.25, 0.3) is 11.6 Å². The van der Waals surface area contributed by atoms with Gasteiger partial charge in [-0.25, -0.2) is 5.43 Å². The van der Waals surface area contributed by atoms with E-state index in [1.54, 1.807) is 18.2 Å². The fourth-order valence-electron chi connectivity index (χ4n) is 2.39. The highest BCUT2D eigenvalue weighted by Gasteiger charge is 2.18. The number of para-hydroxylation sites is 1. The molecule has 27 heavy (non-hydrogen) atoms. The van der Waals surface area contributed by atoms with E-state index in [1.807, 2.05) is 47.8 Å². The zero-order chi connectivity index (χ0) is 19.1. The lowest BCUT2D eigenvalue weighted by Gasteiger charge is -2.10. The number of nitrogens with one attached hydrogen (secondary N) is 1. The van der Waals surface area contributed by atoms with Crippen molar-refractivity contribution in [1.82, 2.24) is 5.43 Å². The van der Waals surface area contributed by atoms with Gasteiger partial charge in [0.1, 0.15) is 5.75 Å². The summed E-state index contributed by atoms with van der Waals surface area (Å²) in [6, 6.07) is 13.9. The van der Waals surface area contributed by atoms with Gasteiger partial charge in [0.05, 0.1) is 21.3 Å². The Morgan fingerprint density at radius 2 is 1.93 bits per heavy atom. The van der Waals surface area contributed by atoms with Crippen LogP contribution in [0.1, 0.15) is 15.7 Å². The average Bonchev–Trinajstić information content (AvgIpc) is 3.22. The SMILES string of the molecule is O=C(COc1ccc(C2SCCS2)cc1)N/N=C\c1ccccc1[N+](=O)[O-]. The minimum atomic E-state index is -0.501. The van der Waals surface area contributed by atoms with E-state index >= 15 is 0 Å². The van der Waals surface area contributed by atoms with Gasteiger partial charge in [-0.2, -0.15) is 5.10 Å². The number of rotatable bonds is 7. The maximum atomic E-state index is 11.8. The van der Waals surface area contributed by atoms with Crippen molar-refractivity contribution in [2.45, 2.75) is 4.58 Å². The number of hydrogen-bond donors (Lipinski definition) is 1. The number of hydrogen-bond acceptors (Lipinski definition) is 7. The van der Waals surface area contributed by atoms with E-state index in [1.165, 1.54) is 29.4 Å². The summed E-state index contributed by atoms with van der Waals surface area (Å²) in [6.45, 7) is -0.194. The Labute approximate surface area is 164 Å². The highest BCUT2D eigenvalue weighted by molar-refractivity contribution is 8.19. The molecule has 0 aromatic heterocycles. The molecule has 2 aromatic carbocycles. The van der Waals surface area contributed by atoms with Crippen LogP contribution >= 0.6 is 23.5 Å². The van der Waals surface area contributed by atoms with Crippen molar-refractivity contribution in [3.8, 4) is 5.75 Å². The van der Waals surface area contributed by atoms with Crippen LogP contribution in [-0.4, -0.2) is 35.2 Å². The Morgan fingerprint density at radius 3 is 2.63 bits per heavy atom. The molecule has 140 valence electrons. The number of benzene rings is 2. The van der Waals surface area contributed by atoms with Crippen LogP contribution in [0.5, 0.6) is 5.75 Å². The molecule has 0 atom stereocenters. The minimum Gasteiger partial charge on any atom is -0.484 e. The smallest absolute Gasteiger partial charge is 0.278 e. The van der Waals surface area contributed by atoms with Crippen LogP contribution in [0.15, 0.2) is 53.6 Å². The number of nitro benzene ring substituents is 1. The van der Waals surface area contributed by atoms with E-state index in [0.717, 1.165) is 0 Å². The van der Waals surface area contributed by atoms with Gasteiger partial charge in [-0.1, -0.05) is 24.3 Å². The summed E-state index contributed by atoms with van der Waals surface area (Å²) >= 11 is 3.86. The normalized spacial score (nSPS) is 14.4. The average molecular weight is 403 g/mol. The summed E-state index contributed by atoms with van der Waals surface area (Å²) in [5.41, 5.74) is 3.77. The molecule has 0 radical (unpaired) electrons. The van der Waals surface area contributed by atoms with Gasteiger partial charge in [0.2, 0.25) is 0 Å². The van der Waals surface area contributed by atoms with Crippen LogP contribution < -0.4 is 10.2 Å². The number of amides is 1. The molecule has 9 heteroatoms. The van der Waals surface area contributed by atoms with Crippen LogP contribution in [-0.2, 0) is 4.79 Å². The number of nitrogens with zero attached hydrogens (tertiary/aromatic N) is 2. The number of carbonyl (C=O) groups excluding carboxylic acids is 1. The molecule has 0 bridgehead atoms. The number of hydrazone groups is 1. The highest BCUT2D eigenvalue weighted by Crippen LogP contribution is 2.45. The summed E-state index contributed by atoms with van der Waals surface area (Å²) in [5.74, 6) is 2.49. The molecule has 1 saturated heterocycles. The zero-order valence-corrected chi connectivity index (χ0v) is 15.9. The third kappa shape index (κ3) is 5.48. The third-order valence-electron chi connectivity index (χ3n) is 3.67. The molecule has 0 aliphatic carbocycles. The van der Waals surface area contributed by atoms with E-state index in [9.17, 15) is 14.9 Å². The summed E-state index contributed by atoms with van der Waals surface area (Å²) in [5, 5.41) is 14.7. The maximum Gasteiger partial charge on any atom is 0.278 e. The second-order valence-corrected chi connectivity index (χ2v) is 8.26. The fraction of sp³-hybridized carbons (Fsp3) is 0.222. The van der Waals surface area contributed by atoms with Crippen LogP contribution in [0.3, 0.4) is 0 Å². The first kappa shape index (κ1) is 19.2. The largest absolute Gasteiger partial charge is 0.484 e. The Hall–Kier alpha value is -2.52. The van der Waals surface area contributed by atoms with Crippen molar-refractivity contribution < 1.29 is 14.5 Å². The molecule has 0 saturated carbocycles. The molecule has 2 aromatic rings. The van der Waals surface area contributed by atoms with Gasteiger partial charge >= 0.3 is 0 Å². The first-order chi connectivity index (χ1) is 13.1. The van der Waals surface area contributed by atoms with Gasteiger partial charge in [-0.05, 0) is 23.8 Å². The Bertz CT molecular complexity index is 837. The second-order valence-electron chi connectivity index (χ2n) is 5.54. The molecule has 1 aliphatic rings. The van der Waals surface area contributed by atoms with Crippen LogP contribution in [0.25, 0.3) is 0 Å². The first-order valence-electron chi connectivity index (χ1n) is 8.15. The molecular weight excluding hydrogens is 386 g/mol. The maximum absolute atomic E-state index is 11.8. The van der Waals surface area contributed by atoms with Gasteiger partial charge in [-0.15, -0.1) is 23.5 Å². The van der Waals surface area contributed by atoms with Gasteiger partial charge in [0, 0.05) is 17.6 Å². The lowest BCUT2D eigenvalue weighted by molar-refractivity contribution is -0.385. The van der Waals surface area contributed by atoms with Crippen LogP contribution in [0.2, 0.25) is 0 Å². The van der Waals surface area contributed by atoms with E-state index in [4.69, 9.17) is 4.74 Å². The molecule has 3 rings (SSSR count). The summed E-state index contributed by atoms with van der Waals surface area (Å²) in [4.78, 5) is 22.2. The van der Waals surface area contributed by atoms with E-state index < -0.39 is 10.8 Å². The number of thioether (sulfide) groups is 2. The Kier molecular flexibility index (Phi) is 6.72. The summed E-state index contributed by atoms with van der Waals surface area (Å²) in [6.07, 6.45) is 1.24. The van der Waals surface area contributed by atoms with Crippen molar-refractivity contribution in [2.75, 3.05) is 18.1 Å². The quantitative estimate of drug-likeness (QED) is 0.431. The molecule has 1 aliphatic heterocycles. The van der Waals surface area contributed by atoms with Gasteiger partial charge in [0.15, 0.2) is 6.61 Å². The molecule has 0 spiro atoms. The van der Waals surface area contributed by atoms with Crippen LogP contribution in [0, 0.1) is 10.1 Å². The highest BCUT2D eigenvalue weighted by atomic mass is 32.2. The van der Waals surface area contributed by atoms with Gasteiger partial charge < -0.3 is 4.74 Å². The van der Waals surface area contributed by atoms with E-state index in [2.05, 4.69) is 10.5 Å². The zero-order valence-electron chi connectivity index (χ0n) is 14.2. The Balaban J connectivity index is 1.48. The molecule has 1 heterocycles. The fourth-order valence-corrected chi connectivity index (χ4v) is 5.25. The van der Waals surface area contributed by atoms with Crippen molar-refractivity contribution in [1.29, 1.82) is 0 Å². The number of nitro groups is 1. The molecule has 7 nitrogen and oxygen atoms in total. The molecule has 1 amide bonds. The summed E-state index contributed by atoms with van der Waals surface area (Å²) in [7, 11) is 0.